The molecule has 46 heavy (non-hydrogen) atoms. The minimum absolute atomic E-state index is 0.0523. The number of anilines is 1. The molecular formula is C40H28N2O4. The van der Waals surface area contributed by atoms with Crippen molar-refractivity contribution in [2.45, 2.75) is 6.92 Å². The van der Waals surface area contributed by atoms with E-state index in [0.29, 0.717) is 40.1 Å². The summed E-state index contributed by atoms with van der Waals surface area (Å²) in [6, 6.07) is 36.6. The number of nitrogen functional groups attached to an aromatic ring is 1. The lowest BCUT2D eigenvalue weighted by Gasteiger charge is -2.23. The molecule has 222 valence electrons. The zero-order valence-electron chi connectivity index (χ0n) is 24.9. The highest BCUT2D eigenvalue weighted by Crippen LogP contribution is 2.50. The molecule has 0 spiro atoms. The van der Waals surface area contributed by atoms with Crippen LogP contribution < -0.4 is 10.5 Å². The number of fused-ring (bicyclic) bond motifs is 3. The van der Waals surface area contributed by atoms with E-state index in [-0.39, 0.29) is 17.0 Å². The number of benzene rings is 8. The highest BCUT2D eigenvalue weighted by molar-refractivity contribution is 6.40. The third kappa shape index (κ3) is 4.04. The Morgan fingerprint density at radius 2 is 1.33 bits per heavy atom. The predicted molar refractivity (Wildman–Crippen MR) is 188 cm³/mol. The van der Waals surface area contributed by atoms with Gasteiger partial charge in [-0.3, -0.25) is 0 Å². The molecule has 0 unspecified atom stereocenters. The Kier molecular flexibility index (Phi) is 6.25. The van der Waals surface area contributed by atoms with E-state index in [1.165, 1.54) is 0 Å². The van der Waals surface area contributed by atoms with Gasteiger partial charge < -0.3 is 20.7 Å². The molecule has 0 aliphatic heterocycles. The number of carbonyl (C=O) groups is 1. The van der Waals surface area contributed by atoms with Gasteiger partial charge >= 0.3 is 5.97 Å². The Labute approximate surface area is 263 Å². The van der Waals surface area contributed by atoms with Crippen molar-refractivity contribution in [3.8, 4) is 16.9 Å². The van der Waals surface area contributed by atoms with Crippen molar-refractivity contribution in [3.63, 3.8) is 0 Å². The molecule has 4 N–H and O–H groups in total. The van der Waals surface area contributed by atoms with Crippen molar-refractivity contribution >= 4 is 77.1 Å². The zero-order chi connectivity index (χ0) is 31.5. The van der Waals surface area contributed by atoms with Crippen LogP contribution in [0.25, 0.3) is 65.0 Å². The molecule has 0 bridgehead atoms. The van der Waals surface area contributed by atoms with E-state index in [4.69, 9.17) is 10.5 Å². The van der Waals surface area contributed by atoms with Crippen LogP contribution in [-0.2, 0) is 0 Å². The number of ether oxygens (including phenoxy) is 1. The van der Waals surface area contributed by atoms with Gasteiger partial charge in [0, 0.05) is 27.4 Å². The number of aliphatic hydroxyl groups is 1. The smallest absolute Gasteiger partial charge is 0.336 e. The lowest BCUT2D eigenvalue weighted by Crippen LogP contribution is -2.11. The van der Waals surface area contributed by atoms with E-state index in [9.17, 15) is 15.0 Å². The monoisotopic (exact) mass is 600 g/mol. The van der Waals surface area contributed by atoms with Gasteiger partial charge in [-0.1, -0.05) is 84.9 Å². The van der Waals surface area contributed by atoms with Crippen LogP contribution in [0.5, 0.6) is 5.75 Å². The summed E-state index contributed by atoms with van der Waals surface area (Å²) in [5, 5.41) is 31.3. The largest absolute Gasteiger partial charge is 0.494 e. The van der Waals surface area contributed by atoms with E-state index in [2.05, 4.69) is 17.1 Å². The van der Waals surface area contributed by atoms with Gasteiger partial charge in [-0.2, -0.15) is 0 Å². The van der Waals surface area contributed by atoms with E-state index < -0.39 is 5.97 Å². The maximum absolute atomic E-state index is 13.0. The van der Waals surface area contributed by atoms with Crippen LogP contribution in [0.15, 0.2) is 120 Å². The standard InChI is InChI=1S/C40H28N2O4/c1-2-46-25-18-16-24(17-19-25)42-39(43)37-34-31(40(44)45)21-20-29-28-14-6-10-23-11-7-15-30(32(23)28)36(33(29)34)38(41)35(37)27-13-5-9-22-8-3-4-12-26(22)27/h3-21H,2,41H2,1H3,(H,42,43)(H,44,45). The van der Waals surface area contributed by atoms with Crippen LogP contribution in [0.2, 0.25) is 0 Å². The summed E-state index contributed by atoms with van der Waals surface area (Å²) in [6.45, 7) is 2.44. The lowest BCUT2D eigenvalue weighted by atomic mass is 9.81. The van der Waals surface area contributed by atoms with Crippen molar-refractivity contribution in [2.24, 2.45) is 4.99 Å². The Morgan fingerprint density at radius 1 is 0.674 bits per heavy atom. The third-order valence-corrected chi connectivity index (χ3v) is 8.85. The summed E-state index contributed by atoms with van der Waals surface area (Å²) in [5.41, 5.74) is 9.85. The first kappa shape index (κ1) is 27.4. The average Bonchev–Trinajstić information content (AvgIpc) is 3.07. The van der Waals surface area contributed by atoms with Gasteiger partial charge in [0.25, 0.3) is 0 Å². The molecule has 8 aromatic rings. The summed E-state index contributed by atoms with van der Waals surface area (Å²) in [7, 11) is 0. The maximum atomic E-state index is 13.0. The molecule has 0 aliphatic rings. The van der Waals surface area contributed by atoms with Gasteiger partial charge in [-0.15, -0.1) is 0 Å². The highest BCUT2D eigenvalue weighted by Gasteiger charge is 2.28. The molecule has 0 amide bonds. The third-order valence-electron chi connectivity index (χ3n) is 8.85. The van der Waals surface area contributed by atoms with Crippen molar-refractivity contribution in [1.82, 2.24) is 0 Å². The summed E-state index contributed by atoms with van der Waals surface area (Å²) in [5.74, 6) is -0.760. The Bertz CT molecular complexity index is 2520. The molecule has 0 aromatic heterocycles. The normalized spacial score (nSPS) is 12.2. The molecule has 0 aliphatic carbocycles. The van der Waals surface area contributed by atoms with E-state index in [1.54, 1.807) is 30.3 Å². The fraction of sp³-hybridized carbons (Fsp3) is 0.0500. The molecule has 0 saturated heterocycles. The van der Waals surface area contributed by atoms with Crippen LogP contribution in [-0.4, -0.2) is 28.7 Å². The second kappa shape index (κ2) is 10.5. The van der Waals surface area contributed by atoms with Crippen LogP contribution in [0, 0.1) is 0 Å². The number of aliphatic hydroxyl groups excluding tert-OH is 1. The molecular weight excluding hydrogens is 572 g/mol. The molecule has 0 saturated carbocycles. The van der Waals surface area contributed by atoms with Crippen molar-refractivity contribution < 1.29 is 19.7 Å². The minimum atomic E-state index is -1.11. The van der Waals surface area contributed by atoms with Crippen LogP contribution in [0.3, 0.4) is 0 Å². The first-order valence-electron chi connectivity index (χ1n) is 15.1. The van der Waals surface area contributed by atoms with Crippen LogP contribution in [0.1, 0.15) is 22.8 Å². The average molecular weight is 601 g/mol. The number of hydrogen-bond donors (Lipinski definition) is 3. The minimum Gasteiger partial charge on any atom is -0.494 e. The number of rotatable bonds is 6. The molecule has 8 rings (SSSR count). The molecule has 0 heterocycles. The number of carboxylic acids is 1. The fourth-order valence-corrected chi connectivity index (χ4v) is 7.01. The number of hydrogen-bond acceptors (Lipinski definition) is 4. The Morgan fingerprint density at radius 3 is 2.09 bits per heavy atom. The summed E-state index contributed by atoms with van der Waals surface area (Å²) < 4.78 is 5.59. The molecule has 6 heteroatoms. The second-order valence-electron chi connectivity index (χ2n) is 11.4. The molecule has 0 radical (unpaired) electrons. The van der Waals surface area contributed by atoms with Gasteiger partial charge in [0.05, 0.1) is 23.4 Å². The van der Waals surface area contributed by atoms with Gasteiger partial charge in [0.15, 0.2) is 0 Å². The number of aromatic carboxylic acids is 1. The number of carboxylic acid groups (broad SMARTS) is 1. The van der Waals surface area contributed by atoms with Crippen molar-refractivity contribution in [3.05, 3.63) is 126 Å². The number of nitrogens with two attached hydrogens (primary N) is 1. The topological polar surface area (TPSA) is 105 Å². The second-order valence-corrected chi connectivity index (χ2v) is 11.4. The molecule has 8 aromatic carbocycles. The molecule has 6 nitrogen and oxygen atoms in total. The van der Waals surface area contributed by atoms with Gasteiger partial charge in [-0.25, -0.2) is 9.79 Å². The first-order valence-corrected chi connectivity index (χ1v) is 15.1. The Balaban J connectivity index is 1.61. The SMILES string of the molecule is CCOc1ccc(N=C(O)c2c(-c3cccc4ccccc34)c(N)c3c4cccc5cccc(c6ccc(C(=O)O)c2c63)c54)cc1. The number of aliphatic imine (C=N–C) groups is 1. The van der Waals surface area contributed by atoms with E-state index in [1.807, 2.05) is 79.7 Å². The van der Waals surface area contributed by atoms with E-state index >= 15 is 0 Å². The predicted octanol–water partition coefficient (Wildman–Crippen LogP) is 9.87. The van der Waals surface area contributed by atoms with Crippen LogP contribution >= 0.6 is 0 Å². The fourth-order valence-electron chi connectivity index (χ4n) is 7.01. The lowest BCUT2D eigenvalue weighted by molar-refractivity contribution is 0.0699. The number of nitrogens with zero attached hydrogens (tertiary/aromatic N) is 1. The first-order chi connectivity index (χ1) is 22.5. The molecule has 0 atom stereocenters. The zero-order valence-corrected chi connectivity index (χ0v) is 24.9. The van der Waals surface area contributed by atoms with Crippen LogP contribution in [0.4, 0.5) is 11.4 Å². The summed E-state index contributed by atoms with van der Waals surface area (Å²) in [4.78, 5) is 17.6. The molecule has 0 fully saturated rings. The van der Waals surface area contributed by atoms with Gasteiger partial charge in [0.2, 0.25) is 5.90 Å². The summed E-state index contributed by atoms with van der Waals surface area (Å²) >= 11 is 0. The van der Waals surface area contributed by atoms with Gasteiger partial charge in [0.1, 0.15) is 5.75 Å². The highest BCUT2D eigenvalue weighted by atomic mass is 16.5. The summed E-state index contributed by atoms with van der Waals surface area (Å²) in [6.07, 6.45) is 0. The van der Waals surface area contributed by atoms with Crippen molar-refractivity contribution in [1.29, 1.82) is 0 Å². The Hall–Kier alpha value is -6.14. The van der Waals surface area contributed by atoms with E-state index in [0.717, 1.165) is 48.7 Å². The quantitative estimate of drug-likeness (QED) is 0.0579. The van der Waals surface area contributed by atoms with Crippen molar-refractivity contribution in [2.75, 3.05) is 12.3 Å². The van der Waals surface area contributed by atoms with Gasteiger partial charge in [-0.05, 0) is 80.5 Å². The maximum Gasteiger partial charge on any atom is 0.336 e.